The van der Waals surface area contributed by atoms with Crippen LogP contribution in [0, 0.1) is 0 Å². The molecule has 0 spiro atoms. The first-order chi connectivity index (χ1) is 5.99. The highest BCUT2D eigenvalue weighted by atomic mass is 16.1. The van der Waals surface area contributed by atoms with Crippen LogP contribution in [0.5, 0.6) is 0 Å². The minimum atomic E-state index is -0.0531. The Hall–Kier alpha value is -1.44. The Kier molecular flexibility index (Phi) is 4.67. The molecule has 0 aliphatic heterocycles. The molecule has 0 fully saturated rings. The van der Waals surface area contributed by atoms with Crippen molar-refractivity contribution in [1.29, 1.82) is 0 Å². The summed E-state index contributed by atoms with van der Waals surface area (Å²) in [5, 5.41) is 0. The summed E-state index contributed by atoms with van der Waals surface area (Å²) >= 11 is 0. The summed E-state index contributed by atoms with van der Waals surface area (Å²) < 4.78 is 0. The van der Waals surface area contributed by atoms with Crippen molar-refractivity contribution in [2.45, 2.75) is 20.8 Å². The van der Waals surface area contributed by atoms with Crippen LogP contribution in [0.2, 0.25) is 0 Å². The van der Waals surface area contributed by atoms with E-state index in [4.69, 9.17) is 0 Å². The number of hydrogen-bond acceptors (Lipinski definition) is 2. The maximum Gasteiger partial charge on any atom is 0.159 e. The molecule has 0 saturated heterocycles. The van der Waals surface area contributed by atoms with E-state index in [1.807, 2.05) is 0 Å². The van der Waals surface area contributed by atoms with Gasteiger partial charge in [0.25, 0.3) is 0 Å². The van der Waals surface area contributed by atoms with Gasteiger partial charge in [-0.2, -0.15) is 0 Å². The lowest BCUT2D eigenvalue weighted by Crippen LogP contribution is -1.93. The first-order valence-corrected chi connectivity index (χ1v) is 4.02. The SMILES string of the molecule is C=C/C(=C\C=C(/C)C(C)=O)C(C)=O. The van der Waals surface area contributed by atoms with Crippen molar-refractivity contribution in [2.75, 3.05) is 0 Å². The first-order valence-electron chi connectivity index (χ1n) is 4.02. The van der Waals surface area contributed by atoms with E-state index in [1.165, 1.54) is 19.9 Å². The van der Waals surface area contributed by atoms with E-state index < -0.39 is 0 Å². The fraction of sp³-hybridized carbons (Fsp3) is 0.273. The van der Waals surface area contributed by atoms with Gasteiger partial charge in [-0.05, 0) is 26.3 Å². The normalized spacial score (nSPS) is 12.5. The second-order valence-corrected chi connectivity index (χ2v) is 2.79. The minimum absolute atomic E-state index is 0.00298. The molecule has 0 aliphatic rings. The van der Waals surface area contributed by atoms with Gasteiger partial charge in [-0.25, -0.2) is 0 Å². The Bertz CT molecular complexity index is 293. The van der Waals surface area contributed by atoms with E-state index >= 15 is 0 Å². The predicted octanol–water partition coefficient (Wildman–Crippen LogP) is 2.22. The zero-order chi connectivity index (χ0) is 10.4. The van der Waals surface area contributed by atoms with Crippen LogP contribution in [-0.4, -0.2) is 11.6 Å². The Balaban J connectivity index is 4.74. The topological polar surface area (TPSA) is 34.1 Å². The molecule has 13 heavy (non-hydrogen) atoms. The Labute approximate surface area is 78.6 Å². The Morgan fingerprint density at radius 1 is 1.00 bits per heavy atom. The molecule has 0 aromatic heterocycles. The van der Waals surface area contributed by atoms with Crippen LogP contribution in [0.4, 0.5) is 0 Å². The highest BCUT2D eigenvalue weighted by Gasteiger charge is 1.97. The van der Waals surface area contributed by atoms with Crippen LogP contribution in [-0.2, 0) is 9.59 Å². The number of carbonyl (C=O) groups excluding carboxylic acids is 2. The maximum atomic E-state index is 10.9. The first kappa shape index (κ1) is 11.6. The number of hydrogen-bond donors (Lipinski definition) is 0. The predicted molar refractivity (Wildman–Crippen MR) is 53.4 cm³/mol. The smallest absolute Gasteiger partial charge is 0.159 e. The second kappa shape index (κ2) is 5.25. The molecule has 0 aromatic rings. The van der Waals surface area contributed by atoms with Gasteiger partial charge in [-0.15, -0.1) is 0 Å². The number of ketones is 2. The lowest BCUT2D eigenvalue weighted by Gasteiger charge is -1.93. The number of carbonyl (C=O) groups is 2. The summed E-state index contributed by atoms with van der Waals surface area (Å²) in [5.41, 5.74) is 1.14. The Morgan fingerprint density at radius 2 is 1.54 bits per heavy atom. The fourth-order valence-corrected chi connectivity index (χ4v) is 0.661. The van der Waals surface area contributed by atoms with Crippen LogP contribution >= 0.6 is 0 Å². The molecule has 0 rings (SSSR count). The Morgan fingerprint density at radius 3 is 1.85 bits per heavy atom. The van der Waals surface area contributed by atoms with Crippen molar-refractivity contribution in [3.63, 3.8) is 0 Å². The molecule has 0 heterocycles. The molecular formula is C11H14O2. The van der Waals surface area contributed by atoms with Crippen molar-refractivity contribution in [3.05, 3.63) is 36.0 Å². The third-order valence-corrected chi connectivity index (χ3v) is 1.69. The minimum Gasteiger partial charge on any atom is -0.295 e. The molecule has 0 N–H and O–H groups in total. The van der Waals surface area contributed by atoms with Crippen LogP contribution in [0.3, 0.4) is 0 Å². The molecule has 0 saturated carbocycles. The summed E-state index contributed by atoms with van der Waals surface area (Å²) in [6.45, 7) is 8.16. The molecule has 0 aliphatic carbocycles. The monoisotopic (exact) mass is 178 g/mol. The molecule has 0 amide bonds. The zero-order valence-corrected chi connectivity index (χ0v) is 8.26. The lowest BCUT2D eigenvalue weighted by molar-refractivity contribution is -0.114. The highest BCUT2D eigenvalue weighted by Crippen LogP contribution is 2.01. The molecule has 0 aromatic carbocycles. The van der Waals surface area contributed by atoms with Gasteiger partial charge < -0.3 is 0 Å². The van der Waals surface area contributed by atoms with E-state index in [0.29, 0.717) is 11.1 Å². The zero-order valence-electron chi connectivity index (χ0n) is 8.26. The third-order valence-electron chi connectivity index (χ3n) is 1.69. The summed E-state index contributed by atoms with van der Waals surface area (Å²) in [6.07, 6.45) is 4.71. The highest BCUT2D eigenvalue weighted by molar-refractivity contribution is 5.97. The summed E-state index contributed by atoms with van der Waals surface area (Å²) in [6, 6.07) is 0. The van der Waals surface area contributed by atoms with Crippen LogP contribution in [0.1, 0.15) is 20.8 Å². The second-order valence-electron chi connectivity index (χ2n) is 2.79. The van der Waals surface area contributed by atoms with Crippen molar-refractivity contribution < 1.29 is 9.59 Å². The van der Waals surface area contributed by atoms with Crippen molar-refractivity contribution in [1.82, 2.24) is 0 Å². The largest absolute Gasteiger partial charge is 0.295 e. The molecule has 0 bridgehead atoms. The van der Waals surface area contributed by atoms with Gasteiger partial charge in [-0.3, -0.25) is 9.59 Å². The summed E-state index contributed by atoms with van der Waals surface area (Å²) in [4.78, 5) is 21.7. The van der Waals surface area contributed by atoms with E-state index in [0.717, 1.165) is 0 Å². The van der Waals surface area contributed by atoms with Crippen molar-refractivity contribution in [3.8, 4) is 0 Å². The molecule has 0 unspecified atom stereocenters. The van der Waals surface area contributed by atoms with Crippen LogP contribution < -0.4 is 0 Å². The number of rotatable bonds is 4. The lowest BCUT2D eigenvalue weighted by atomic mass is 10.1. The average Bonchev–Trinajstić information content (AvgIpc) is 2.04. The molecule has 2 heteroatoms. The van der Waals surface area contributed by atoms with Gasteiger partial charge in [0.2, 0.25) is 0 Å². The molecule has 2 nitrogen and oxygen atoms in total. The fourth-order valence-electron chi connectivity index (χ4n) is 0.661. The molecule has 70 valence electrons. The van der Waals surface area contributed by atoms with Gasteiger partial charge in [0.05, 0.1) is 0 Å². The van der Waals surface area contributed by atoms with Gasteiger partial charge in [0, 0.05) is 5.57 Å². The summed E-state index contributed by atoms with van der Waals surface area (Å²) in [7, 11) is 0. The number of Topliss-reactive ketones (excluding diaryl/α,β-unsaturated/α-hetero) is 2. The van der Waals surface area contributed by atoms with Crippen molar-refractivity contribution in [2.24, 2.45) is 0 Å². The number of allylic oxidation sites excluding steroid dienone is 5. The standard InChI is InChI=1S/C11H14O2/c1-5-11(10(4)13)7-6-8(2)9(3)12/h5-7H,1H2,2-4H3/b8-6+,11-7+. The van der Waals surface area contributed by atoms with Gasteiger partial charge in [0.1, 0.15) is 0 Å². The quantitative estimate of drug-likeness (QED) is 0.488. The average molecular weight is 178 g/mol. The molecule has 0 atom stereocenters. The van der Waals surface area contributed by atoms with E-state index in [1.54, 1.807) is 19.1 Å². The maximum absolute atomic E-state index is 10.9. The molecular weight excluding hydrogens is 164 g/mol. The third kappa shape index (κ3) is 4.21. The van der Waals surface area contributed by atoms with E-state index in [2.05, 4.69) is 6.58 Å². The van der Waals surface area contributed by atoms with Crippen LogP contribution in [0.25, 0.3) is 0 Å². The van der Waals surface area contributed by atoms with Crippen molar-refractivity contribution >= 4 is 11.6 Å². The van der Waals surface area contributed by atoms with Gasteiger partial charge in [-0.1, -0.05) is 24.8 Å². The van der Waals surface area contributed by atoms with E-state index in [9.17, 15) is 9.59 Å². The van der Waals surface area contributed by atoms with E-state index in [-0.39, 0.29) is 11.6 Å². The summed E-state index contributed by atoms with van der Waals surface area (Å²) in [5.74, 6) is -0.0502. The molecule has 0 radical (unpaired) electrons. The van der Waals surface area contributed by atoms with Gasteiger partial charge >= 0.3 is 0 Å². The van der Waals surface area contributed by atoms with Crippen LogP contribution in [0.15, 0.2) is 36.0 Å². The van der Waals surface area contributed by atoms with Gasteiger partial charge in [0.15, 0.2) is 11.6 Å².